The molecule has 82 valence electrons. The SMILES string of the molecule is CSc1cc(CC2(N)CC2)c(F)cc1C. The van der Waals surface area contributed by atoms with Gasteiger partial charge in [-0.1, -0.05) is 0 Å². The van der Waals surface area contributed by atoms with Crippen molar-refractivity contribution in [2.24, 2.45) is 5.73 Å². The summed E-state index contributed by atoms with van der Waals surface area (Å²) >= 11 is 1.66. The third kappa shape index (κ3) is 2.34. The third-order valence-corrected chi connectivity index (χ3v) is 3.88. The molecule has 0 radical (unpaired) electrons. The molecule has 1 fully saturated rings. The molecule has 0 atom stereocenters. The van der Waals surface area contributed by atoms with Crippen molar-refractivity contribution in [2.75, 3.05) is 6.26 Å². The Balaban J connectivity index is 2.29. The molecule has 15 heavy (non-hydrogen) atoms. The lowest BCUT2D eigenvalue weighted by molar-refractivity contribution is 0.579. The van der Waals surface area contributed by atoms with Gasteiger partial charge in [-0.25, -0.2) is 4.39 Å². The van der Waals surface area contributed by atoms with Gasteiger partial charge in [-0.2, -0.15) is 0 Å². The molecule has 0 aromatic heterocycles. The minimum absolute atomic E-state index is 0.109. The molecule has 0 amide bonds. The van der Waals surface area contributed by atoms with Gasteiger partial charge < -0.3 is 5.73 Å². The first kappa shape index (κ1) is 11.0. The Morgan fingerprint density at radius 1 is 1.47 bits per heavy atom. The molecule has 1 aliphatic rings. The van der Waals surface area contributed by atoms with E-state index in [1.54, 1.807) is 17.8 Å². The number of thioether (sulfide) groups is 1. The van der Waals surface area contributed by atoms with E-state index < -0.39 is 0 Å². The molecule has 1 nitrogen and oxygen atoms in total. The number of rotatable bonds is 3. The van der Waals surface area contributed by atoms with Crippen LogP contribution < -0.4 is 5.73 Å². The summed E-state index contributed by atoms with van der Waals surface area (Å²) in [7, 11) is 0. The Labute approximate surface area is 94.2 Å². The highest BCUT2D eigenvalue weighted by molar-refractivity contribution is 7.98. The van der Waals surface area contributed by atoms with E-state index in [0.29, 0.717) is 6.42 Å². The van der Waals surface area contributed by atoms with Crippen LogP contribution in [0.4, 0.5) is 4.39 Å². The Hall–Kier alpha value is -0.540. The number of hydrogen-bond donors (Lipinski definition) is 1. The van der Waals surface area contributed by atoms with E-state index in [2.05, 4.69) is 0 Å². The molecular formula is C12H16FNS. The summed E-state index contributed by atoms with van der Waals surface area (Å²) in [5.74, 6) is -0.109. The highest BCUT2D eigenvalue weighted by atomic mass is 32.2. The Kier molecular flexibility index (Phi) is 2.77. The van der Waals surface area contributed by atoms with Crippen molar-refractivity contribution in [3.8, 4) is 0 Å². The van der Waals surface area contributed by atoms with E-state index in [4.69, 9.17) is 5.73 Å². The molecular weight excluding hydrogens is 209 g/mol. The monoisotopic (exact) mass is 225 g/mol. The van der Waals surface area contributed by atoms with Gasteiger partial charge in [0.25, 0.3) is 0 Å². The molecule has 1 aromatic rings. The standard InChI is InChI=1S/C12H16FNS/c1-8-5-10(13)9(6-11(8)15-2)7-12(14)3-4-12/h5-6H,3-4,7,14H2,1-2H3. The van der Waals surface area contributed by atoms with Gasteiger partial charge in [0, 0.05) is 10.4 Å². The van der Waals surface area contributed by atoms with Crippen LogP contribution in [0.3, 0.4) is 0 Å². The number of nitrogens with two attached hydrogens (primary N) is 1. The second-order valence-corrected chi connectivity index (χ2v) is 5.30. The molecule has 0 bridgehead atoms. The summed E-state index contributed by atoms with van der Waals surface area (Å²) in [6.45, 7) is 1.94. The minimum Gasteiger partial charge on any atom is -0.325 e. The van der Waals surface area contributed by atoms with Crippen LogP contribution in [0.25, 0.3) is 0 Å². The van der Waals surface area contributed by atoms with E-state index in [1.807, 2.05) is 19.2 Å². The number of halogens is 1. The van der Waals surface area contributed by atoms with Crippen molar-refractivity contribution < 1.29 is 4.39 Å². The largest absolute Gasteiger partial charge is 0.325 e. The average Bonchev–Trinajstić information content (AvgIpc) is 2.89. The summed E-state index contributed by atoms with van der Waals surface area (Å²) < 4.78 is 13.7. The number of aryl methyl sites for hydroxylation is 1. The topological polar surface area (TPSA) is 26.0 Å². The highest BCUT2D eigenvalue weighted by Crippen LogP contribution is 2.37. The van der Waals surface area contributed by atoms with E-state index in [1.165, 1.54) is 0 Å². The maximum atomic E-state index is 13.7. The van der Waals surface area contributed by atoms with Gasteiger partial charge >= 0.3 is 0 Å². The Morgan fingerprint density at radius 3 is 2.67 bits per heavy atom. The molecule has 0 unspecified atom stereocenters. The molecule has 0 saturated heterocycles. The molecule has 2 rings (SSSR count). The maximum Gasteiger partial charge on any atom is 0.126 e. The molecule has 1 aromatic carbocycles. The van der Waals surface area contributed by atoms with Crippen molar-refractivity contribution in [3.63, 3.8) is 0 Å². The smallest absolute Gasteiger partial charge is 0.126 e. The van der Waals surface area contributed by atoms with Gasteiger partial charge in [0.05, 0.1) is 0 Å². The van der Waals surface area contributed by atoms with Gasteiger partial charge in [0.15, 0.2) is 0 Å². The van der Waals surface area contributed by atoms with E-state index in [0.717, 1.165) is 28.9 Å². The second kappa shape index (κ2) is 3.80. The first-order valence-corrected chi connectivity index (χ1v) is 6.38. The summed E-state index contributed by atoms with van der Waals surface area (Å²) in [5.41, 5.74) is 7.66. The zero-order valence-electron chi connectivity index (χ0n) is 9.14. The van der Waals surface area contributed by atoms with Crippen LogP contribution in [0, 0.1) is 12.7 Å². The van der Waals surface area contributed by atoms with Crippen molar-refractivity contribution in [3.05, 3.63) is 29.1 Å². The van der Waals surface area contributed by atoms with Crippen molar-refractivity contribution >= 4 is 11.8 Å². The lowest BCUT2D eigenvalue weighted by Gasteiger charge is -2.12. The van der Waals surface area contributed by atoms with Gasteiger partial charge in [0.2, 0.25) is 0 Å². The molecule has 3 heteroatoms. The van der Waals surface area contributed by atoms with Crippen LogP contribution in [0.15, 0.2) is 17.0 Å². The van der Waals surface area contributed by atoms with Crippen molar-refractivity contribution in [1.82, 2.24) is 0 Å². The fourth-order valence-corrected chi connectivity index (χ4v) is 2.41. The Bertz CT molecular complexity index is 385. The Morgan fingerprint density at radius 2 is 2.13 bits per heavy atom. The fourth-order valence-electron chi connectivity index (χ4n) is 1.77. The molecule has 0 spiro atoms. The van der Waals surface area contributed by atoms with Gasteiger partial charge in [-0.05, 0) is 55.7 Å². The van der Waals surface area contributed by atoms with E-state index in [-0.39, 0.29) is 11.4 Å². The van der Waals surface area contributed by atoms with Gasteiger partial charge in [-0.15, -0.1) is 11.8 Å². The molecule has 1 aliphatic carbocycles. The zero-order valence-corrected chi connectivity index (χ0v) is 9.96. The normalized spacial score (nSPS) is 17.9. The van der Waals surface area contributed by atoms with Crippen LogP contribution in [0.5, 0.6) is 0 Å². The minimum atomic E-state index is -0.119. The summed E-state index contributed by atoms with van der Waals surface area (Å²) in [6.07, 6.45) is 4.73. The molecule has 0 heterocycles. The quantitative estimate of drug-likeness (QED) is 0.800. The van der Waals surface area contributed by atoms with Gasteiger partial charge in [0.1, 0.15) is 5.82 Å². The van der Waals surface area contributed by atoms with Crippen LogP contribution in [0.2, 0.25) is 0 Å². The fraction of sp³-hybridized carbons (Fsp3) is 0.500. The van der Waals surface area contributed by atoms with Crippen LogP contribution >= 0.6 is 11.8 Å². The summed E-state index contributed by atoms with van der Waals surface area (Å²) in [4.78, 5) is 1.15. The first-order valence-electron chi connectivity index (χ1n) is 5.16. The lowest BCUT2D eigenvalue weighted by Crippen LogP contribution is -2.25. The van der Waals surface area contributed by atoms with Crippen LogP contribution in [0.1, 0.15) is 24.0 Å². The van der Waals surface area contributed by atoms with Gasteiger partial charge in [-0.3, -0.25) is 0 Å². The third-order valence-electron chi connectivity index (χ3n) is 3.00. The predicted octanol–water partition coefficient (Wildman–Crippen LogP) is 2.89. The molecule has 2 N–H and O–H groups in total. The summed E-state index contributed by atoms with van der Waals surface area (Å²) in [6, 6.07) is 3.56. The first-order chi connectivity index (χ1) is 7.04. The van der Waals surface area contributed by atoms with Crippen LogP contribution in [-0.2, 0) is 6.42 Å². The second-order valence-electron chi connectivity index (χ2n) is 4.45. The van der Waals surface area contributed by atoms with E-state index >= 15 is 0 Å². The van der Waals surface area contributed by atoms with Crippen molar-refractivity contribution in [1.29, 1.82) is 0 Å². The predicted molar refractivity (Wildman–Crippen MR) is 62.8 cm³/mol. The number of benzene rings is 1. The lowest BCUT2D eigenvalue weighted by atomic mass is 10.0. The summed E-state index contributed by atoms with van der Waals surface area (Å²) in [5, 5.41) is 0. The van der Waals surface area contributed by atoms with Crippen LogP contribution in [-0.4, -0.2) is 11.8 Å². The molecule has 0 aliphatic heterocycles. The van der Waals surface area contributed by atoms with E-state index in [9.17, 15) is 4.39 Å². The maximum absolute atomic E-state index is 13.7. The van der Waals surface area contributed by atoms with Crippen molar-refractivity contribution in [2.45, 2.75) is 36.6 Å². The zero-order chi connectivity index (χ0) is 11.1. The molecule has 1 saturated carbocycles. The number of hydrogen-bond acceptors (Lipinski definition) is 2. The average molecular weight is 225 g/mol. The highest BCUT2D eigenvalue weighted by Gasteiger charge is 2.38.